The van der Waals surface area contributed by atoms with Gasteiger partial charge in [0, 0.05) is 30.6 Å². The van der Waals surface area contributed by atoms with Crippen molar-refractivity contribution in [1.29, 1.82) is 0 Å². The number of carbonyl (C=O) groups excluding carboxylic acids is 1. The van der Waals surface area contributed by atoms with Crippen LogP contribution in [0.2, 0.25) is 0 Å². The first-order valence-electron chi connectivity index (χ1n) is 10.3. The van der Waals surface area contributed by atoms with E-state index in [0.717, 1.165) is 6.20 Å². The molecule has 0 atom stereocenters. The Morgan fingerprint density at radius 1 is 1.06 bits per heavy atom. The second-order valence-corrected chi connectivity index (χ2v) is 7.72. The SMILES string of the molecule is CNC(=O)C(C)(C)Oc1cccc(Nc2ncc(F)c(Nc3ccc4c(c3)OCCO4)n2)c1. The second-order valence-electron chi connectivity index (χ2n) is 7.72. The average molecular weight is 453 g/mol. The van der Waals surface area contributed by atoms with Crippen molar-refractivity contribution in [2.45, 2.75) is 19.4 Å². The van der Waals surface area contributed by atoms with E-state index in [1.54, 1.807) is 63.4 Å². The summed E-state index contributed by atoms with van der Waals surface area (Å²) in [7, 11) is 1.55. The number of nitrogens with one attached hydrogen (secondary N) is 3. The number of hydrogen-bond acceptors (Lipinski definition) is 8. The Kier molecular flexibility index (Phi) is 6.16. The molecule has 0 fully saturated rings. The van der Waals surface area contributed by atoms with Crippen molar-refractivity contribution in [3.05, 3.63) is 54.5 Å². The first kappa shape index (κ1) is 22.1. The van der Waals surface area contributed by atoms with Gasteiger partial charge in [0.25, 0.3) is 5.91 Å². The van der Waals surface area contributed by atoms with Gasteiger partial charge in [-0.3, -0.25) is 4.79 Å². The molecule has 0 spiro atoms. The van der Waals surface area contributed by atoms with E-state index in [1.165, 1.54) is 0 Å². The fraction of sp³-hybridized carbons (Fsp3) is 0.261. The molecular weight excluding hydrogens is 429 g/mol. The summed E-state index contributed by atoms with van der Waals surface area (Å²) in [6.07, 6.45) is 1.07. The average Bonchev–Trinajstić information content (AvgIpc) is 2.80. The van der Waals surface area contributed by atoms with Gasteiger partial charge in [-0.15, -0.1) is 0 Å². The molecule has 1 aliphatic rings. The molecule has 3 N–H and O–H groups in total. The van der Waals surface area contributed by atoms with Crippen LogP contribution in [0.15, 0.2) is 48.7 Å². The van der Waals surface area contributed by atoms with Crippen molar-refractivity contribution in [3.8, 4) is 17.2 Å². The Hall–Kier alpha value is -4.08. The Morgan fingerprint density at radius 3 is 2.61 bits per heavy atom. The van der Waals surface area contributed by atoms with E-state index < -0.39 is 11.4 Å². The lowest BCUT2D eigenvalue weighted by atomic mass is 10.1. The summed E-state index contributed by atoms with van der Waals surface area (Å²) in [6, 6.07) is 12.2. The summed E-state index contributed by atoms with van der Waals surface area (Å²) < 4.78 is 31.2. The number of ether oxygens (including phenoxy) is 3. The molecule has 0 saturated carbocycles. The number of fused-ring (bicyclic) bond motifs is 1. The van der Waals surface area contributed by atoms with Gasteiger partial charge in [0.05, 0.1) is 6.20 Å². The van der Waals surface area contributed by atoms with E-state index in [9.17, 15) is 9.18 Å². The van der Waals surface area contributed by atoms with Gasteiger partial charge < -0.3 is 30.2 Å². The zero-order chi connectivity index (χ0) is 23.4. The van der Waals surface area contributed by atoms with Crippen molar-refractivity contribution in [2.24, 2.45) is 0 Å². The number of rotatable bonds is 7. The van der Waals surface area contributed by atoms with Crippen molar-refractivity contribution in [2.75, 3.05) is 30.9 Å². The number of halogens is 1. The summed E-state index contributed by atoms with van der Waals surface area (Å²) >= 11 is 0. The van der Waals surface area contributed by atoms with E-state index in [2.05, 4.69) is 25.9 Å². The molecule has 0 aliphatic carbocycles. The van der Waals surface area contributed by atoms with Crippen LogP contribution in [0.1, 0.15) is 13.8 Å². The Balaban J connectivity index is 1.50. The predicted octanol–water partition coefficient (Wildman–Crippen LogP) is 3.78. The molecule has 1 aromatic heterocycles. The molecule has 1 aliphatic heterocycles. The molecule has 9 nitrogen and oxygen atoms in total. The smallest absolute Gasteiger partial charge is 0.263 e. The second kappa shape index (κ2) is 9.19. The van der Waals surface area contributed by atoms with Crippen LogP contribution in [-0.4, -0.2) is 41.7 Å². The lowest BCUT2D eigenvalue weighted by molar-refractivity contribution is -0.133. The summed E-state index contributed by atoms with van der Waals surface area (Å²) in [5.41, 5.74) is 0.146. The zero-order valence-corrected chi connectivity index (χ0v) is 18.4. The monoisotopic (exact) mass is 453 g/mol. The van der Waals surface area contributed by atoms with E-state index >= 15 is 0 Å². The molecule has 4 rings (SSSR count). The molecule has 0 bridgehead atoms. The number of carbonyl (C=O) groups is 1. The van der Waals surface area contributed by atoms with Gasteiger partial charge in [-0.05, 0) is 38.1 Å². The standard InChI is InChI=1S/C23H24FN5O4/c1-23(2,21(30)25-3)33-16-6-4-5-14(11-16)28-22-26-13-17(24)20(29-22)27-15-7-8-18-19(12-15)32-10-9-31-18/h4-8,11-13H,9-10H2,1-3H3,(H,25,30)(H2,26,27,28,29). The van der Waals surface area contributed by atoms with Crippen LogP contribution < -0.4 is 30.2 Å². The third kappa shape index (κ3) is 5.22. The van der Waals surface area contributed by atoms with Crippen LogP contribution in [0.3, 0.4) is 0 Å². The molecule has 2 heterocycles. The third-order valence-corrected chi connectivity index (χ3v) is 4.79. The number of likely N-dealkylation sites (N-methyl/N-ethyl adjacent to an activating group) is 1. The molecule has 1 amide bonds. The van der Waals surface area contributed by atoms with E-state index in [0.29, 0.717) is 41.8 Å². The van der Waals surface area contributed by atoms with Gasteiger partial charge in [-0.2, -0.15) is 4.98 Å². The fourth-order valence-corrected chi connectivity index (χ4v) is 3.18. The van der Waals surface area contributed by atoms with Crippen molar-refractivity contribution in [1.82, 2.24) is 15.3 Å². The molecule has 33 heavy (non-hydrogen) atoms. The van der Waals surface area contributed by atoms with Crippen LogP contribution in [0.25, 0.3) is 0 Å². The summed E-state index contributed by atoms with van der Waals surface area (Å²) in [5.74, 6) is 1.01. The first-order valence-corrected chi connectivity index (χ1v) is 10.3. The Labute approximate surface area is 190 Å². The molecule has 10 heteroatoms. The molecule has 172 valence electrons. The Morgan fingerprint density at radius 2 is 1.82 bits per heavy atom. The predicted molar refractivity (Wildman–Crippen MR) is 121 cm³/mol. The van der Waals surface area contributed by atoms with Crippen LogP contribution in [-0.2, 0) is 4.79 Å². The number of amides is 1. The summed E-state index contributed by atoms with van der Waals surface area (Å²) in [5, 5.41) is 8.53. The maximum absolute atomic E-state index is 14.4. The highest BCUT2D eigenvalue weighted by Gasteiger charge is 2.28. The molecule has 3 aromatic rings. The zero-order valence-electron chi connectivity index (χ0n) is 18.4. The normalized spacial score (nSPS) is 12.6. The Bertz CT molecular complexity index is 1170. The van der Waals surface area contributed by atoms with Gasteiger partial charge in [0.1, 0.15) is 19.0 Å². The lowest BCUT2D eigenvalue weighted by Gasteiger charge is -2.24. The van der Waals surface area contributed by atoms with Crippen LogP contribution in [0, 0.1) is 5.82 Å². The maximum atomic E-state index is 14.4. The third-order valence-electron chi connectivity index (χ3n) is 4.79. The highest BCUT2D eigenvalue weighted by molar-refractivity contribution is 5.84. The number of benzene rings is 2. The molecule has 0 radical (unpaired) electrons. The quantitative estimate of drug-likeness (QED) is 0.496. The largest absolute Gasteiger partial charge is 0.486 e. The van der Waals surface area contributed by atoms with E-state index in [4.69, 9.17) is 14.2 Å². The highest BCUT2D eigenvalue weighted by atomic mass is 19.1. The minimum absolute atomic E-state index is 0.00247. The van der Waals surface area contributed by atoms with Gasteiger partial charge in [-0.1, -0.05) is 6.07 Å². The fourth-order valence-electron chi connectivity index (χ4n) is 3.18. The summed E-state index contributed by atoms with van der Waals surface area (Å²) in [6.45, 7) is 4.29. The van der Waals surface area contributed by atoms with E-state index in [1.807, 2.05) is 0 Å². The maximum Gasteiger partial charge on any atom is 0.263 e. The van der Waals surface area contributed by atoms with Crippen molar-refractivity contribution >= 4 is 29.0 Å². The van der Waals surface area contributed by atoms with Crippen LogP contribution in [0.4, 0.5) is 27.5 Å². The van der Waals surface area contributed by atoms with Gasteiger partial charge in [-0.25, -0.2) is 9.37 Å². The van der Waals surface area contributed by atoms with Crippen molar-refractivity contribution in [3.63, 3.8) is 0 Å². The van der Waals surface area contributed by atoms with Crippen molar-refractivity contribution < 1.29 is 23.4 Å². The number of anilines is 4. The number of hydrogen-bond donors (Lipinski definition) is 3. The summed E-state index contributed by atoms with van der Waals surface area (Å²) in [4.78, 5) is 20.2. The van der Waals surface area contributed by atoms with Crippen LogP contribution in [0.5, 0.6) is 17.2 Å². The van der Waals surface area contributed by atoms with Gasteiger partial charge >= 0.3 is 0 Å². The molecule has 0 saturated heterocycles. The number of nitrogens with zero attached hydrogens (tertiary/aromatic N) is 2. The minimum Gasteiger partial charge on any atom is -0.486 e. The van der Waals surface area contributed by atoms with Gasteiger partial charge in [0.15, 0.2) is 28.7 Å². The highest BCUT2D eigenvalue weighted by Crippen LogP contribution is 2.34. The molecular formula is C23H24FN5O4. The first-order chi connectivity index (χ1) is 15.8. The van der Waals surface area contributed by atoms with Gasteiger partial charge in [0.2, 0.25) is 5.95 Å². The minimum atomic E-state index is -1.06. The van der Waals surface area contributed by atoms with Crippen LogP contribution >= 0.6 is 0 Å². The topological polar surface area (TPSA) is 107 Å². The molecule has 2 aromatic carbocycles. The number of aromatic nitrogens is 2. The lowest BCUT2D eigenvalue weighted by Crippen LogP contribution is -2.45. The van der Waals surface area contributed by atoms with E-state index in [-0.39, 0.29) is 17.7 Å². The molecule has 0 unspecified atom stereocenters.